The zero-order valence-electron chi connectivity index (χ0n) is 24.1. The molecule has 4 heterocycles. The summed E-state index contributed by atoms with van der Waals surface area (Å²) in [5.41, 5.74) is -0.356. The molecule has 0 radical (unpaired) electrons. The number of fused-ring (bicyclic) bond motifs is 2. The molecule has 0 saturated carbocycles. The molecular formula is C29H32F4N6O4. The van der Waals surface area contributed by atoms with Gasteiger partial charge >= 0.3 is 12.3 Å². The third kappa shape index (κ3) is 6.96. The largest absolute Gasteiger partial charge is 0.491 e. The van der Waals surface area contributed by atoms with Gasteiger partial charge in [0.1, 0.15) is 29.7 Å². The van der Waals surface area contributed by atoms with E-state index in [1.54, 1.807) is 46.1 Å². The fraction of sp³-hybridized carbons (Fsp3) is 0.448. The summed E-state index contributed by atoms with van der Waals surface area (Å²) in [6.07, 6.45) is -3.76. The molecule has 2 atom stereocenters. The van der Waals surface area contributed by atoms with E-state index in [1.165, 1.54) is 33.7 Å². The van der Waals surface area contributed by atoms with Crippen LogP contribution < -0.4 is 10.1 Å². The lowest BCUT2D eigenvalue weighted by Gasteiger charge is -2.30. The number of benzene rings is 1. The van der Waals surface area contributed by atoms with E-state index >= 15 is 4.39 Å². The van der Waals surface area contributed by atoms with E-state index in [9.17, 15) is 18.0 Å². The van der Waals surface area contributed by atoms with Gasteiger partial charge in [-0.2, -0.15) is 13.2 Å². The van der Waals surface area contributed by atoms with Gasteiger partial charge in [0, 0.05) is 43.9 Å². The van der Waals surface area contributed by atoms with Crippen molar-refractivity contribution in [3.05, 3.63) is 54.0 Å². The average molecular weight is 605 g/mol. The third-order valence-corrected chi connectivity index (χ3v) is 6.87. The molecule has 1 saturated heterocycles. The molecule has 230 valence electrons. The first-order valence-corrected chi connectivity index (χ1v) is 13.7. The zero-order chi connectivity index (χ0) is 30.9. The second kappa shape index (κ2) is 11.9. The Bertz CT molecular complexity index is 1620. The number of ether oxygens (including phenoxy) is 3. The predicted molar refractivity (Wildman–Crippen MR) is 149 cm³/mol. The van der Waals surface area contributed by atoms with E-state index in [2.05, 4.69) is 20.5 Å². The SMILES string of the molecule is COCCOc1ccc2cc(F)c(-c3nnc4ccc([C@@H](N5CC[C@H](NC(=O)OC(C)(C)C)C5)C(F)(F)F)cn34)nc2c1. The predicted octanol–water partition coefficient (Wildman–Crippen LogP) is 5.31. The van der Waals surface area contributed by atoms with Crippen molar-refractivity contribution < 1.29 is 36.6 Å². The summed E-state index contributed by atoms with van der Waals surface area (Å²) in [4.78, 5) is 17.9. The molecule has 1 aliphatic rings. The summed E-state index contributed by atoms with van der Waals surface area (Å²) in [6.45, 7) is 5.86. The summed E-state index contributed by atoms with van der Waals surface area (Å²) in [5, 5.41) is 11.3. The smallest absolute Gasteiger partial charge is 0.408 e. The van der Waals surface area contributed by atoms with Crippen molar-refractivity contribution in [3.63, 3.8) is 0 Å². The number of nitrogens with zero attached hydrogens (tertiary/aromatic N) is 5. The minimum atomic E-state index is -4.64. The number of methoxy groups -OCH3 is 1. The maximum absolute atomic E-state index is 15.3. The van der Waals surface area contributed by atoms with E-state index in [-0.39, 0.29) is 35.8 Å². The molecule has 0 unspecified atom stereocenters. The molecule has 1 fully saturated rings. The molecule has 10 nitrogen and oxygen atoms in total. The van der Waals surface area contributed by atoms with E-state index in [4.69, 9.17) is 14.2 Å². The van der Waals surface area contributed by atoms with Crippen LogP contribution in [0.3, 0.4) is 0 Å². The van der Waals surface area contributed by atoms with Gasteiger partial charge < -0.3 is 19.5 Å². The Morgan fingerprint density at radius 2 is 1.91 bits per heavy atom. The highest BCUT2D eigenvalue weighted by atomic mass is 19.4. The molecule has 4 aromatic rings. The Balaban J connectivity index is 1.45. The number of carbonyl (C=O) groups is 1. The number of nitrogens with one attached hydrogen (secondary N) is 1. The molecule has 0 bridgehead atoms. The van der Waals surface area contributed by atoms with Crippen LogP contribution in [0.15, 0.2) is 42.6 Å². The number of carbonyl (C=O) groups excluding carboxylic acids is 1. The van der Waals surface area contributed by atoms with Crippen LogP contribution in [-0.2, 0) is 9.47 Å². The molecule has 1 amide bonds. The summed E-state index contributed by atoms with van der Waals surface area (Å²) in [7, 11) is 1.55. The second-order valence-electron chi connectivity index (χ2n) is 11.3. The number of aromatic nitrogens is 4. The lowest BCUT2D eigenvalue weighted by Crippen LogP contribution is -2.42. The first kappa shape index (κ1) is 30.4. The highest BCUT2D eigenvalue weighted by Crippen LogP contribution is 2.40. The Labute approximate surface area is 244 Å². The number of hydrogen-bond acceptors (Lipinski definition) is 8. The number of likely N-dealkylation sites (tertiary alicyclic amines) is 1. The van der Waals surface area contributed by atoms with Gasteiger partial charge in [-0.3, -0.25) is 9.30 Å². The molecule has 0 spiro atoms. The van der Waals surface area contributed by atoms with Crippen LogP contribution in [0, 0.1) is 5.82 Å². The summed E-state index contributed by atoms with van der Waals surface area (Å²) < 4.78 is 76.0. The van der Waals surface area contributed by atoms with Crippen LogP contribution >= 0.6 is 0 Å². The lowest BCUT2D eigenvalue weighted by molar-refractivity contribution is -0.184. The number of amides is 1. The number of alkyl halides is 3. The van der Waals surface area contributed by atoms with Crippen LogP contribution in [0.1, 0.15) is 38.8 Å². The highest BCUT2D eigenvalue weighted by Gasteiger charge is 2.47. The third-order valence-electron chi connectivity index (χ3n) is 6.87. The van der Waals surface area contributed by atoms with E-state index in [0.717, 1.165) is 0 Å². The lowest BCUT2D eigenvalue weighted by atomic mass is 10.1. The van der Waals surface area contributed by atoms with Crippen molar-refractivity contribution in [1.82, 2.24) is 29.8 Å². The second-order valence-corrected chi connectivity index (χ2v) is 11.3. The van der Waals surface area contributed by atoms with Crippen LogP contribution in [0.4, 0.5) is 22.4 Å². The van der Waals surface area contributed by atoms with Crippen molar-refractivity contribution in [3.8, 4) is 17.3 Å². The van der Waals surface area contributed by atoms with E-state index in [1.807, 2.05) is 0 Å². The van der Waals surface area contributed by atoms with Crippen molar-refractivity contribution in [2.24, 2.45) is 0 Å². The molecule has 5 rings (SSSR count). The molecule has 1 aromatic carbocycles. The fourth-order valence-electron chi connectivity index (χ4n) is 5.06. The topological polar surface area (TPSA) is 103 Å². The van der Waals surface area contributed by atoms with Gasteiger partial charge in [0.05, 0.1) is 12.1 Å². The normalized spacial score (nSPS) is 17.0. The quantitative estimate of drug-likeness (QED) is 0.213. The maximum Gasteiger partial charge on any atom is 0.408 e. The fourth-order valence-corrected chi connectivity index (χ4v) is 5.06. The van der Waals surface area contributed by atoms with Crippen molar-refractivity contribution in [2.75, 3.05) is 33.4 Å². The van der Waals surface area contributed by atoms with E-state index in [0.29, 0.717) is 36.3 Å². The average Bonchev–Trinajstić information content (AvgIpc) is 3.53. The molecule has 43 heavy (non-hydrogen) atoms. The van der Waals surface area contributed by atoms with Crippen LogP contribution in [-0.4, -0.2) is 81.8 Å². The molecule has 1 aliphatic heterocycles. The first-order chi connectivity index (χ1) is 20.3. The molecular weight excluding hydrogens is 572 g/mol. The molecule has 3 aromatic heterocycles. The first-order valence-electron chi connectivity index (χ1n) is 13.7. The van der Waals surface area contributed by atoms with Crippen LogP contribution in [0.5, 0.6) is 5.75 Å². The Kier molecular flexibility index (Phi) is 8.43. The van der Waals surface area contributed by atoms with Gasteiger partial charge in [0.2, 0.25) is 0 Å². The number of pyridine rings is 2. The standard InChI is InChI=1S/C29H32F4N6O4/c1-28(2,3)43-27(40)34-19-9-10-38(16-19)25(29(31,32)33)18-6-8-23-36-37-26(39(23)15-18)24-21(30)13-17-5-7-20(14-22(17)35-24)42-12-11-41-4/h5-8,13-15,19,25H,9-12,16H2,1-4H3,(H,34,40)/t19-,25+/m0/s1. The Morgan fingerprint density at radius 1 is 1.12 bits per heavy atom. The Hall–Kier alpha value is -4.04. The van der Waals surface area contributed by atoms with Gasteiger partial charge in [-0.1, -0.05) is 6.07 Å². The number of alkyl carbamates (subject to hydrolysis) is 1. The van der Waals surface area contributed by atoms with Crippen LogP contribution in [0.25, 0.3) is 28.1 Å². The van der Waals surface area contributed by atoms with Gasteiger partial charge in [-0.05, 0) is 57.0 Å². The van der Waals surface area contributed by atoms with Crippen LogP contribution in [0.2, 0.25) is 0 Å². The number of rotatable bonds is 8. The molecule has 14 heteroatoms. The minimum absolute atomic E-state index is 0.0356. The van der Waals surface area contributed by atoms with E-state index < -0.39 is 35.8 Å². The van der Waals surface area contributed by atoms with Crippen molar-refractivity contribution >= 4 is 22.6 Å². The maximum atomic E-state index is 15.3. The van der Waals surface area contributed by atoms with Gasteiger partial charge in [0.15, 0.2) is 17.3 Å². The van der Waals surface area contributed by atoms with Crippen molar-refractivity contribution in [2.45, 2.75) is 51.1 Å². The number of halogens is 4. The van der Waals surface area contributed by atoms with Gasteiger partial charge in [-0.25, -0.2) is 14.2 Å². The van der Waals surface area contributed by atoms with Gasteiger partial charge in [0.25, 0.3) is 0 Å². The van der Waals surface area contributed by atoms with Crippen molar-refractivity contribution in [1.29, 1.82) is 0 Å². The zero-order valence-corrected chi connectivity index (χ0v) is 24.1. The summed E-state index contributed by atoms with van der Waals surface area (Å²) in [5.74, 6) is -0.252. The van der Waals surface area contributed by atoms with Gasteiger partial charge in [-0.15, -0.1) is 10.2 Å². The highest BCUT2D eigenvalue weighted by molar-refractivity contribution is 5.82. The Morgan fingerprint density at radius 3 is 2.63 bits per heavy atom. The summed E-state index contributed by atoms with van der Waals surface area (Å²) >= 11 is 0. The minimum Gasteiger partial charge on any atom is -0.491 e. The molecule has 1 N–H and O–H groups in total. The monoisotopic (exact) mass is 604 g/mol. The number of hydrogen-bond donors (Lipinski definition) is 1. The molecule has 0 aliphatic carbocycles. The summed E-state index contributed by atoms with van der Waals surface area (Å²) in [6, 6.07) is 6.48.